The van der Waals surface area contributed by atoms with Crippen molar-refractivity contribution in [2.24, 2.45) is 0 Å². The van der Waals surface area contributed by atoms with Crippen LogP contribution in [0, 0.1) is 6.92 Å². The van der Waals surface area contributed by atoms with Crippen LogP contribution in [0.15, 0.2) is 77.2 Å². The minimum atomic E-state index is 0.777. The molecule has 4 heteroatoms. The molecule has 0 saturated carbocycles. The van der Waals surface area contributed by atoms with Gasteiger partial charge >= 0.3 is 0 Å². The lowest BCUT2D eigenvalue weighted by Crippen LogP contribution is -2.31. The van der Waals surface area contributed by atoms with Crippen LogP contribution in [-0.4, -0.2) is 18.1 Å². The van der Waals surface area contributed by atoms with Crippen molar-refractivity contribution < 1.29 is 4.42 Å². The highest BCUT2D eigenvalue weighted by Crippen LogP contribution is 2.35. The van der Waals surface area contributed by atoms with Gasteiger partial charge in [-0.05, 0) is 39.0 Å². The second-order valence-corrected chi connectivity index (χ2v) is 7.80. The van der Waals surface area contributed by atoms with Crippen LogP contribution in [0.25, 0.3) is 33.3 Å². The minimum Gasteiger partial charge on any atom is -0.452 e. The molecule has 1 N–H and O–H groups in total. The first-order valence-corrected chi connectivity index (χ1v) is 10.8. The number of nitrogens with zero attached hydrogens (tertiary/aromatic N) is 2. The monoisotopic (exact) mass is 408 g/mol. The van der Waals surface area contributed by atoms with E-state index in [1.807, 2.05) is 18.2 Å². The molecule has 0 aromatic heterocycles. The normalized spacial score (nSPS) is 11.3. The Labute approximate surface area is 181 Å². The molecule has 5 rings (SSSR count). The van der Waals surface area contributed by atoms with Gasteiger partial charge in [0, 0.05) is 28.1 Å². The summed E-state index contributed by atoms with van der Waals surface area (Å²) >= 11 is 0. The van der Waals surface area contributed by atoms with Crippen molar-refractivity contribution in [1.82, 2.24) is 9.56 Å². The van der Waals surface area contributed by atoms with E-state index in [-0.39, 0.29) is 0 Å². The van der Waals surface area contributed by atoms with Crippen LogP contribution in [0.5, 0.6) is 0 Å². The van der Waals surface area contributed by atoms with Crippen LogP contribution in [-0.2, 0) is 0 Å². The largest absolute Gasteiger partial charge is 0.452 e. The van der Waals surface area contributed by atoms with Crippen molar-refractivity contribution in [1.29, 1.82) is 0 Å². The fraction of sp³-hybridized carbons (Fsp3) is 0.185. The molecule has 31 heavy (non-hydrogen) atoms. The first kappa shape index (κ1) is 19.3. The van der Waals surface area contributed by atoms with Crippen LogP contribution in [0.2, 0.25) is 0 Å². The first-order valence-electron chi connectivity index (χ1n) is 10.8. The number of anilines is 2. The third kappa shape index (κ3) is 3.44. The van der Waals surface area contributed by atoms with Gasteiger partial charge in [-0.15, -0.1) is 0 Å². The number of hydrogen-bond donors (Lipinski definition) is 1. The third-order valence-corrected chi connectivity index (χ3v) is 5.87. The van der Waals surface area contributed by atoms with Gasteiger partial charge in [-0.2, -0.15) is 0 Å². The zero-order valence-corrected chi connectivity index (χ0v) is 18.1. The average molecular weight is 409 g/mol. The van der Waals surface area contributed by atoms with Crippen molar-refractivity contribution in [3.8, 4) is 11.5 Å². The summed E-state index contributed by atoms with van der Waals surface area (Å²) in [4.78, 5) is 5.03. The Morgan fingerprint density at radius 2 is 1.58 bits per heavy atom. The van der Waals surface area contributed by atoms with Gasteiger partial charge < -0.3 is 9.73 Å². The summed E-state index contributed by atoms with van der Waals surface area (Å²) in [6.45, 7) is 8.41. The lowest BCUT2D eigenvalue weighted by Gasteiger charge is -2.14. The van der Waals surface area contributed by atoms with Gasteiger partial charge in [-0.3, -0.25) is 0 Å². The van der Waals surface area contributed by atoms with Gasteiger partial charge in [-0.1, -0.05) is 42.5 Å². The quantitative estimate of drug-likeness (QED) is 0.227. The van der Waals surface area contributed by atoms with E-state index in [2.05, 4.69) is 85.3 Å². The Morgan fingerprint density at radius 1 is 0.871 bits per heavy atom. The summed E-state index contributed by atoms with van der Waals surface area (Å²) in [5, 5.41) is 6.95. The van der Waals surface area contributed by atoms with Crippen LogP contribution in [0.4, 0.5) is 11.4 Å². The van der Waals surface area contributed by atoms with Crippen molar-refractivity contribution in [2.75, 3.05) is 18.4 Å². The van der Waals surface area contributed by atoms with E-state index in [0.29, 0.717) is 0 Å². The van der Waals surface area contributed by atoms with Crippen molar-refractivity contribution in [2.45, 2.75) is 20.8 Å². The Morgan fingerprint density at radius 3 is 2.32 bits per heavy atom. The predicted octanol–water partition coefficient (Wildman–Crippen LogP) is 5.95. The number of para-hydroxylation sites is 1. The van der Waals surface area contributed by atoms with E-state index < -0.39 is 0 Å². The highest BCUT2D eigenvalue weighted by Gasteiger charge is 2.17. The molecule has 154 valence electrons. The van der Waals surface area contributed by atoms with Crippen molar-refractivity contribution >= 4 is 33.2 Å². The van der Waals surface area contributed by atoms with E-state index in [4.69, 9.17) is 9.40 Å². The standard InChI is InChI=1S/C27H25N3O/c1-4-30(5-2)24-17-25-23(15-18(24)3)29-27-21-14-10-9-13-20(21)22(16-26(27)31-25)28-19-11-7-6-8-12-19/h6-17H,4-5H2,1-3H3/p+1. The molecule has 0 bridgehead atoms. The fourth-order valence-corrected chi connectivity index (χ4v) is 4.28. The van der Waals surface area contributed by atoms with Crippen molar-refractivity contribution in [3.63, 3.8) is 0 Å². The molecule has 1 aliphatic carbocycles. The summed E-state index contributed by atoms with van der Waals surface area (Å²) in [6, 6.07) is 24.9. The van der Waals surface area contributed by atoms with E-state index in [0.717, 1.165) is 57.8 Å². The molecule has 0 atom stereocenters. The molecule has 0 radical (unpaired) electrons. The molecular weight excluding hydrogens is 382 g/mol. The molecule has 0 spiro atoms. The van der Waals surface area contributed by atoms with Crippen molar-refractivity contribution in [3.05, 3.63) is 83.7 Å². The summed E-state index contributed by atoms with van der Waals surface area (Å²) in [5.74, 6) is 0.806. The van der Waals surface area contributed by atoms with Crippen LogP contribution < -0.4 is 15.2 Å². The number of nitrogens with one attached hydrogen (secondary N) is 1. The second kappa shape index (κ2) is 7.88. The molecule has 0 fully saturated rings. The molecule has 1 heterocycles. The Bertz CT molecular complexity index is 1430. The van der Waals surface area contributed by atoms with Gasteiger partial charge in [0.2, 0.25) is 5.36 Å². The third-order valence-electron chi connectivity index (χ3n) is 5.87. The smallest absolute Gasteiger partial charge is 0.206 e. The highest BCUT2D eigenvalue weighted by molar-refractivity contribution is 6.10. The van der Waals surface area contributed by atoms with E-state index in [1.54, 1.807) is 0 Å². The fourth-order valence-electron chi connectivity index (χ4n) is 4.28. The number of benzene rings is 4. The van der Waals surface area contributed by atoms with Crippen LogP contribution >= 0.6 is 0 Å². The van der Waals surface area contributed by atoms with E-state index in [9.17, 15) is 0 Å². The van der Waals surface area contributed by atoms with Gasteiger partial charge in [0.05, 0.1) is 11.8 Å². The van der Waals surface area contributed by atoms with Gasteiger partial charge in [0.15, 0.2) is 11.3 Å². The van der Waals surface area contributed by atoms with E-state index >= 15 is 0 Å². The number of aromatic nitrogens is 1. The van der Waals surface area contributed by atoms with Gasteiger partial charge in [0.25, 0.3) is 0 Å². The molecular formula is C27H26N3O+. The van der Waals surface area contributed by atoms with Crippen LogP contribution in [0.1, 0.15) is 19.4 Å². The maximum atomic E-state index is 6.44. The van der Waals surface area contributed by atoms with Crippen LogP contribution in [0.3, 0.4) is 0 Å². The number of rotatable bonds is 4. The number of hydrogen-bond acceptors (Lipinski definition) is 3. The molecule has 0 unspecified atom stereocenters. The van der Waals surface area contributed by atoms with Gasteiger partial charge in [0.1, 0.15) is 24.3 Å². The molecule has 2 aliphatic rings. The van der Waals surface area contributed by atoms with Gasteiger partial charge in [-0.25, -0.2) is 9.56 Å². The Kier molecular flexibility index (Phi) is 4.91. The SMILES string of the molecule is CC[N+](CC)=c1cc2oc3cc(Nc4ccccc4)c4ccccc4c3nc-2cc1C. The highest BCUT2D eigenvalue weighted by atomic mass is 16.3. The minimum absolute atomic E-state index is 0.777. The maximum Gasteiger partial charge on any atom is 0.206 e. The molecule has 0 saturated heterocycles. The average Bonchev–Trinajstić information content (AvgIpc) is 2.80. The zero-order chi connectivity index (χ0) is 21.4. The topological polar surface area (TPSA) is 41.1 Å². The zero-order valence-electron chi connectivity index (χ0n) is 18.1. The lowest BCUT2D eigenvalue weighted by atomic mass is 10.1. The maximum absolute atomic E-state index is 6.44. The summed E-state index contributed by atoms with van der Waals surface area (Å²) in [7, 11) is 0. The summed E-state index contributed by atoms with van der Waals surface area (Å²) < 4.78 is 8.78. The first-order chi connectivity index (χ1) is 15.2. The summed E-state index contributed by atoms with van der Waals surface area (Å²) in [5.41, 5.74) is 5.81. The second-order valence-electron chi connectivity index (χ2n) is 7.80. The Hall–Kier alpha value is -3.66. The van der Waals surface area contributed by atoms with E-state index in [1.165, 1.54) is 10.9 Å². The number of fused-ring (bicyclic) bond motifs is 4. The lowest BCUT2D eigenvalue weighted by molar-refractivity contribution is 0.598. The number of aryl methyl sites for hydroxylation is 1. The molecule has 0 amide bonds. The molecule has 1 aliphatic heterocycles. The Balaban J connectivity index is 1.80. The molecule has 3 aromatic carbocycles. The molecule has 4 nitrogen and oxygen atoms in total. The summed E-state index contributed by atoms with van der Waals surface area (Å²) in [6.07, 6.45) is 0. The predicted molar refractivity (Wildman–Crippen MR) is 129 cm³/mol. The molecule has 3 aromatic rings.